The van der Waals surface area contributed by atoms with E-state index in [1.807, 2.05) is 11.8 Å². The van der Waals surface area contributed by atoms with Crippen LogP contribution in [0.1, 0.15) is 43.7 Å². The lowest BCUT2D eigenvalue weighted by atomic mass is 9.93. The molecule has 0 bridgehead atoms. The van der Waals surface area contributed by atoms with Gasteiger partial charge in [0.25, 0.3) is 0 Å². The van der Waals surface area contributed by atoms with E-state index in [1.54, 1.807) is 0 Å². The van der Waals surface area contributed by atoms with Gasteiger partial charge in [0, 0.05) is 18.5 Å². The van der Waals surface area contributed by atoms with Crippen molar-refractivity contribution in [3.05, 3.63) is 35.4 Å². The minimum Gasteiger partial charge on any atom is -0.338 e. The summed E-state index contributed by atoms with van der Waals surface area (Å²) in [4.78, 5) is 14.2. The Balaban J connectivity index is 2.14. The highest BCUT2D eigenvalue weighted by Crippen LogP contribution is 2.33. The number of aryl methyl sites for hydroxylation is 1. The second-order valence-corrected chi connectivity index (χ2v) is 5.64. The normalized spacial score (nSPS) is 24.5. The maximum absolute atomic E-state index is 12.2. The summed E-state index contributed by atoms with van der Waals surface area (Å²) >= 11 is 0. The number of likely N-dealkylation sites (tertiary alicyclic amines) is 1. The van der Waals surface area contributed by atoms with Gasteiger partial charge in [-0.2, -0.15) is 0 Å². The van der Waals surface area contributed by atoms with Crippen molar-refractivity contribution in [2.75, 3.05) is 6.54 Å². The summed E-state index contributed by atoms with van der Waals surface area (Å²) in [6.45, 7) is 7.03. The number of amides is 1. The molecule has 1 fully saturated rings. The van der Waals surface area contributed by atoms with Gasteiger partial charge < -0.3 is 10.6 Å². The lowest BCUT2D eigenvalue weighted by molar-refractivity contribution is -0.133. The standard InChI is InChI=1S/C16H24N2O/c1-4-15(17)16(19)18-10-13(9-12(18)3)14-8-6-5-7-11(14)2/h5-8,12-13,15H,4,9-10,17H2,1-3H3/t12-,13+,15-/m0/s1. The van der Waals surface area contributed by atoms with Crippen molar-refractivity contribution in [1.29, 1.82) is 0 Å². The van der Waals surface area contributed by atoms with Crippen molar-refractivity contribution >= 4 is 5.91 Å². The van der Waals surface area contributed by atoms with E-state index in [4.69, 9.17) is 5.73 Å². The molecule has 0 spiro atoms. The summed E-state index contributed by atoms with van der Waals surface area (Å²) in [5, 5.41) is 0. The Kier molecular flexibility index (Phi) is 4.25. The van der Waals surface area contributed by atoms with Crippen LogP contribution >= 0.6 is 0 Å². The lowest BCUT2D eigenvalue weighted by Gasteiger charge is -2.24. The number of nitrogens with two attached hydrogens (primary N) is 1. The smallest absolute Gasteiger partial charge is 0.239 e. The van der Waals surface area contributed by atoms with Crippen LogP contribution in [0.15, 0.2) is 24.3 Å². The van der Waals surface area contributed by atoms with Crippen LogP contribution in [0.3, 0.4) is 0 Å². The van der Waals surface area contributed by atoms with Gasteiger partial charge in [0.15, 0.2) is 0 Å². The maximum Gasteiger partial charge on any atom is 0.239 e. The fourth-order valence-corrected chi connectivity index (χ4v) is 3.00. The summed E-state index contributed by atoms with van der Waals surface area (Å²) in [7, 11) is 0. The molecule has 3 heteroatoms. The molecule has 1 aliphatic heterocycles. The minimum absolute atomic E-state index is 0.103. The molecule has 1 saturated heterocycles. The Bertz CT molecular complexity index is 458. The Morgan fingerprint density at radius 1 is 1.47 bits per heavy atom. The van der Waals surface area contributed by atoms with Crippen LogP contribution in [-0.4, -0.2) is 29.4 Å². The highest BCUT2D eigenvalue weighted by atomic mass is 16.2. The molecular formula is C16H24N2O. The molecule has 1 heterocycles. The summed E-state index contributed by atoms with van der Waals surface area (Å²) in [6, 6.07) is 8.40. The third-order valence-corrected chi connectivity index (χ3v) is 4.24. The van der Waals surface area contributed by atoms with Crippen LogP contribution in [0.2, 0.25) is 0 Å². The predicted molar refractivity (Wildman–Crippen MR) is 78.0 cm³/mol. The van der Waals surface area contributed by atoms with E-state index in [0.717, 1.165) is 13.0 Å². The first-order chi connectivity index (χ1) is 9.04. The third-order valence-electron chi connectivity index (χ3n) is 4.24. The number of carbonyl (C=O) groups excluding carboxylic acids is 1. The molecule has 2 rings (SSSR count). The number of hydrogen-bond donors (Lipinski definition) is 1. The summed E-state index contributed by atoms with van der Waals surface area (Å²) in [5.74, 6) is 0.551. The van der Waals surface area contributed by atoms with Crippen molar-refractivity contribution in [1.82, 2.24) is 4.90 Å². The summed E-state index contributed by atoms with van der Waals surface area (Å²) in [5.41, 5.74) is 8.57. The van der Waals surface area contributed by atoms with Crippen LogP contribution in [-0.2, 0) is 4.79 Å². The molecule has 3 nitrogen and oxygen atoms in total. The molecule has 0 saturated carbocycles. The topological polar surface area (TPSA) is 46.3 Å². The molecule has 2 N–H and O–H groups in total. The van der Waals surface area contributed by atoms with E-state index in [9.17, 15) is 4.79 Å². The Morgan fingerprint density at radius 3 is 2.79 bits per heavy atom. The van der Waals surface area contributed by atoms with Crippen LogP contribution in [0.25, 0.3) is 0 Å². The highest BCUT2D eigenvalue weighted by molar-refractivity contribution is 5.82. The number of benzene rings is 1. The van der Waals surface area contributed by atoms with Gasteiger partial charge in [-0.25, -0.2) is 0 Å². The van der Waals surface area contributed by atoms with E-state index in [-0.39, 0.29) is 18.0 Å². The van der Waals surface area contributed by atoms with Gasteiger partial charge in [0.05, 0.1) is 6.04 Å². The third kappa shape index (κ3) is 2.81. The molecule has 0 aliphatic carbocycles. The van der Waals surface area contributed by atoms with Crippen LogP contribution in [0.4, 0.5) is 0 Å². The van der Waals surface area contributed by atoms with Gasteiger partial charge in [-0.1, -0.05) is 31.2 Å². The van der Waals surface area contributed by atoms with Crippen LogP contribution in [0.5, 0.6) is 0 Å². The zero-order valence-electron chi connectivity index (χ0n) is 12.1. The zero-order chi connectivity index (χ0) is 14.0. The lowest BCUT2D eigenvalue weighted by Crippen LogP contribution is -2.45. The van der Waals surface area contributed by atoms with Crippen LogP contribution in [0, 0.1) is 6.92 Å². The first-order valence-electron chi connectivity index (χ1n) is 7.16. The molecule has 0 aromatic heterocycles. The maximum atomic E-state index is 12.2. The first-order valence-corrected chi connectivity index (χ1v) is 7.16. The molecule has 1 aromatic rings. The van der Waals surface area contributed by atoms with E-state index in [2.05, 4.69) is 38.1 Å². The van der Waals surface area contributed by atoms with Crippen molar-refractivity contribution < 1.29 is 4.79 Å². The van der Waals surface area contributed by atoms with Crippen LogP contribution < -0.4 is 5.73 Å². The van der Waals surface area contributed by atoms with E-state index in [1.165, 1.54) is 11.1 Å². The monoisotopic (exact) mass is 260 g/mol. The van der Waals surface area contributed by atoms with E-state index in [0.29, 0.717) is 12.3 Å². The quantitative estimate of drug-likeness (QED) is 0.907. The molecule has 19 heavy (non-hydrogen) atoms. The molecule has 104 valence electrons. The fraction of sp³-hybridized carbons (Fsp3) is 0.562. The summed E-state index contributed by atoms with van der Waals surface area (Å²) in [6.07, 6.45) is 1.74. The zero-order valence-corrected chi connectivity index (χ0v) is 12.1. The SMILES string of the molecule is CC[C@H](N)C(=O)N1C[C@H](c2ccccc2C)C[C@@H]1C. The molecule has 0 unspecified atom stereocenters. The average Bonchev–Trinajstić information content (AvgIpc) is 2.79. The van der Waals surface area contributed by atoms with Gasteiger partial charge in [-0.15, -0.1) is 0 Å². The van der Waals surface area contributed by atoms with E-state index < -0.39 is 0 Å². The highest BCUT2D eigenvalue weighted by Gasteiger charge is 2.35. The van der Waals surface area contributed by atoms with Crippen molar-refractivity contribution in [3.63, 3.8) is 0 Å². The van der Waals surface area contributed by atoms with Gasteiger partial charge >= 0.3 is 0 Å². The van der Waals surface area contributed by atoms with Gasteiger partial charge in [0.1, 0.15) is 0 Å². The Labute approximate surface area is 115 Å². The largest absolute Gasteiger partial charge is 0.338 e. The van der Waals surface area contributed by atoms with Crippen molar-refractivity contribution in [3.8, 4) is 0 Å². The summed E-state index contributed by atoms with van der Waals surface area (Å²) < 4.78 is 0. The molecular weight excluding hydrogens is 236 g/mol. The molecule has 1 aromatic carbocycles. The molecule has 1 aliphatic rings. The van der Waals surface area contributed by atoms with E-state index >= 15 is 0 Å². The number of nitrogens with zero attached hydrogens (tertiary/aromatic N) is 1. The number of carbonyl (C=O) groups is 1. The number of rotatable bonds is 3. The van der Waals surface area contributed by atoms with Crippen molar-refractivity contribution in [2.45, 2.75) is 51.6 Å². The van der Waals surface area contributed by atoms with Gasteiger partial charge in [-0.3, -0.25) is 4.79 Å². The fourth-order valence-electron chi connectivity index (χ4n) is 3.00. The van der Waals surface area contributed by atoms with Gasteiger partial charge in [-0.05, 0) is 37.8 Å². The average molecular weight is 260 g/mol. The van der Waals surface area contributed by atoms with Gasteiger partial charge in [0.2, 0.25) is 5.91 Å². The Morgan fingerprint density at radius 2 is 2.16 bits per heavy atom. The first kappa shape index (κ1) is 14.1. The molecule has 3 atom stereocenters. The van der Waals surface area contributed by atoms with Crippen molar-refractivity contribution in [2.24, 2.45) is 5.73 Å². The number of hydrogen-bond acceptors (Lipinski definition) is 2. The molecule has 0 radical (unpaired) electrons. The minimum atomic E-state index is -0.349. The second-order valence-electron chi connectivity index (χ2n) is 5.64. The predicted octanol–water partition coefficient (Wildman–Crippen LogP) is 2.44. The molecule has 1 amide bonds. The Hall–Kier alpha value is -1.35. The second kappa shape index (κ2) is 5.74.